The lowest BCUT2D eigenvalue weighted by atomic mass is 10.1. The van der Waals surface area contributed by atoms with Crippen molar-refractivity contribution in [1.29, 1.82) is 0 Å². The Morgan fingerprint density at radius 2 is 2.07 bits per heavy atom. The fourth-order valence-corrected chi connectivity index (χ4v) is 1.24. The van der Waals surface area contributed by atoms with Gasteiger partial charge in [0, 0.05) is 28.4 Å². The first-order chi connectivity index (χ1) is 7.22. The van der Waals surface area contributed by atoms with Gasteiger partial charge in [-0.15, -0.1) is 0 Å². The van der Waals surface area contributed by atoms with Gasteiger partial charge in [-0.25, -0.2) is 4.39 Å². The molecule has 0 radical (unpaired) electrons. The zero-order chi connectivity index (χ0) is 11.1. The van der Waals surface area contributed by atoms with Crippen LogP contribution >= 0.6 is 15.9 Å². The van der Waals surface area contributed by atoms with E-state index < -0.39 is 0 Å². The van der Waals surface area contributed by atoms with Gasteiger partial charge in [0.1, 0.15) is 5.82 Å². The number of hydrogen-bond acceptors (Lipinski definition) is 1. The SMILES string of the molecule is O=C(C#CBr)NCCc1ccc(F)cc1. The van der Waals surface area contributed by atoms with E-state index in [1.807, 2.05) is 0 Å². The summed E-state index contributed by atoms with van der Waals surface area (Å²) in [6, 6.07) is 6.18. The van der Waals surface area contributed by atoms with Crippen LogP contribution in [0.3, 0.4) is 0 Å². The maximum Gasteiger partial charge on any atom is 0.296 e. The Bertz CT molecular complexity index is 391. The molecule has 0 aromatic heterocycles. The molecule has 1 aromatic rings. The first-order valence-corrected chi connectivity index (χ1v) is 5.15. The van der Waals surface area contributed by atoms with Crippen molar-refractivity contribution in [3.05, 3.63) is 35.6 Å². The summed E-state index contributed by atoms with van der Waals surface area (Å²) in [5.74, 6) is 1.72. The summed E-state index contributed by atoms with van der Waals surface area (Å²) in [7, 11) is 0. The minimum Gasteiger partial charge on any atom is -0.345 e. The average molecular weight is 270 g/mol. The standard InChI is InChI=1S/C11H9BrFNO/c12-7-5-11(15)14-8-6-9-1-3-10(13)4-2-9/h1-4H,6,8H2,(H,14,15). The molecule has 15 heavy (non-hydrogen) atoms. The fourth-order valence-electron chi connectivity index (χ4n) is 1.06. The number of halogens is 2. The van der Waals surface area contributed by atoms with E-state index in [1.54, 1.807) is 12.1 Å². The maximum absolute atomic E-state index is 12.5. The Morgan fingerprint density at radius 3 is 2.67 bits per heavy atom. The van der Waals surface area contributed by atoms with Crippen molar-refractivity contribution in [1.82, 2.24) is 5.32 Å². The van der Waals surface area contributed by atoms with Gasteiger partial charge in [0.05, 0.1) is 0 Å². The second kappa shape index (κ2) is 6.20. The number of carbonyl (C=O) groups excluding carboxylic acids is 1. The molecule has 0 heterocycles. The quantitative estimate of drug-likeness (QED) is 0.834. The van der Waals surface area contributed by atoms with Gasteiger partial charge in [0.2, 0.25) is 0 Å². The van der Waals surface area contributed by atoms with Crippen molar-refractivity contribution in [3.63, 3.8) is 0 Å². The number of hydrogen-bond donors (Lipinski definition) is 1. The van der Waals surface area contributed by atoms with Crippen LogP contribution in [0.2, 0.25) is 0 Å². The molecular weight excluding hydrogens is 261 g/mol. The molecule has 0 fully saturated rings. The van der Waals surface area contributed by atoms with Crippen LogP contribution in [-0.4, -0.2) is 12.5 Å². The van der Waals surface area contributed by atoms with E-state index in [0.717, 1.165) is 5.56 Å². The van der Waals surface area contributed by atoms with E-state index >= 15 is 0 Å². The molecule has 1 N–H and O–H groups in total. The second-order valence-electron chi connectivity index (χ2n) is 2.85. The van der Waals surface area contributed by atoms with Gasteiger partial charge in [-0.3, -0.25) is 4.79 Å². The van der Waals surface area contributed by atoms with Crippen LogP contribution in [-0.2, 0) is 11.2 Å². The summed E-state index contributed by atoms with van der Waals surface area (Å²) in [5.41, 5.74) is 0.975. The smallest absolute Gasteiger partial charge is 0.296 e. The van der Waals surface area contributed by atoms with Gasteiger partial charge in [-0.05, 0) is 28.9 Å². The number of rotatable bonds is 3. The van der Waals surface area contributed by atoms with Gasteiger partial charge in [-0.1, -0.05) is 12.1 Å². The lowest BCUT2D eigenvalue weighted by Crippen LogP contribution is -2.23. The third-order valence-corrected chi connectivity index (χ3v) is 1.97. The summed E-state index contributed by atoms with van der Waals surface area (Å²) in [5, 5.41) is 2.61. The van der Waals surface area contributed by atoms with Crippen molar-refractivity contribution >= 4 is 21.8 Å². The van der Waals surface area contributed by atoms with Crippen LogP contribution in [0.5, 0.6) is 0 Å². The minimum absolute atomic E-state index is 0.257. The van der Waals surface area contributed by atoms with Gasteiger partial charge in [0.25, 0.3) is 5.91 Å². The third kappa shape index (κ3) is 4.61. The molecule has 0 saturated carbocycles. The molecule has 0 spiro atoms. The topological polar surface area (TPSA) is 29.1 Å². The van der Waals surface area contributed by atoms with Gasteiger partial charge >= 0.3 is 0 Å². The van der Waals surface area contributed by atoms with Crippen molar-refractivity contribution in [2.24, 2.45) is 0 Å². The summed E-state index contributed by atoms with van der Waals surface area (Å²) in [4.78, 5) is 13.2. The largest absolute Gasteiger partial charge is 0.345 e. The van der Waals surface area contributed by atoms with Gasteiger partial charge in [-0.2, -0.15) is 0 Å². The molecule has 1 aromatic carbocycles. The summed E-state index contributed by atoms with van der Waals surface area (Å²) >= 11 is 2.83. The van der Waals surface area contributed by atoms with Crippen LogP contribution in [0, 0.1) is 16.6 Å². The fraction of sp³-hybridized carbons (Fsp3) is 0.182. The highest BCUT2D eigenvalue weighted by atomic mass is 79.9. The van der Waals surface area contributed by atoms with Crippen LogP contribution in [0.1, 0.15) is 5.56 Å². The van der Waals surface area contributed by atoms with Crippen LogP contribution < -0.4 is 5.32 Å². The Balaban J connectivity index is 2.34. The molecule has 0 aliphatic carbocycles. The Hall–Kier alpha value is -1.34. The number of nitrogens with one attached hydrogen (secondary N) is 1. The average Bonchev–Trinajstić information content (AvgIpc) is 2.21. The highest BCUT2D eigenvalue weighted by molar-refractivity contribution is 9.12. The van der Waals surface area contributed by atoms with E-state index in [2.05, 4.69) is 32.0 Å². The van der Waals surface area contributed by atoms with Crippen LogP contribution in [0.15, 0.2) is 24.3 Å². The van der Waals surface area contributed by atoms with Crippen LogP contribution in [0.4, 0.5) is 4.39 Å². The molecule has 0 aliphatic rings. The molecule has 0 unspecified atom stereocenters. The van der Waals surface area contributed by atoms with E-state index in [1.165, 1.54) is 12.1 Å². The molecule has 2 nitrogen and oxygen atoms in total. The lowest BCUT2D eigenvalue weighted by molar-refractivity contribution is -0.115. The van der Waals surface area contributed by atoms with Crippen molar-refractivity contribution < 1.29 is 9.18 Å². The lowest BCUT2D eigenvalue weighted by Gasteiger charge is -2.01. The summed E-state index contributed by atoms with van der Waals surface area (Å²) in [6.07, 6.45) is 0.663. The van der Waals surface area contributed by atoms with Gasteiger partial charge in [0.15, 0.2) is 0 Å². The molecular formula is C11H9BrFNO. The van der Waals surface area contributed by atoms with Crippen molar-refractivity contribution in [3.8, 4) is 10.8 Å². The zero-order valence-corrected chi connectivity index (χ0v) is 9.47. The van der Waals surface area contributed by atoms with Crippen molar-refractivity contribution in [2.45, 2.75) is 6.42 Å². The number of amides is 1. The van der Waals surface area contributed by atoms with Gasteiger partial charge < -0.3 is 5.32 Å². The first-order valence-electron chi connectivity index (χ1n) is 4.36. The maximum atomic E-state index is 12.5. The predicted molar refractivity (Wildman–Crippen MR) is 59.8 cm³/mol. The van der Waals surface area contributed by atoms with E-state index in [4.69, 9.17) is 0 Å². The first kappa shape index (κ1) is 11.7. The van der Waals surface area contributed by atoms with E-state index in [0.29, 0.717) is 13.0 Å². The third-order valence-electron chi connectivity index (χ3n) is 1.77. The number of carbonyl (C=O) groups is 1. The van der Waals surface area contributed by atoms with E-state index in [9.17, 15) is 9.18 Å². The van der Waals surface area contributed by atoms with Crippen molar-refractivity contribution in [2.75, 3.05) is 6.54 Å². The highest BCUT2D eigenvalue weighted by Crippen LogP contribution is 2.02. The molecule has 78 valence electrons. The molecule has 0 aliphatic heterocycles. The summed E-state index contributed by atoms with van der Waals surface area (Å²) in [6.45, 7) is 0.492. The molecule has 0 atom stereocenters. The highest BCUT2D eigenvalue weighted by Gasteiger charge is 1.96. The summed E-state index contributed by atoms with van der Waals surface area (Å²) < 4.78 is 12.5. The Labute approximate surface area is 96.0 Å². The molecule has 4 heteroatoms. The Kier molecular flexibility index (Phi) is 4.85. The number of benzene rings is 1. The zero-order valence-electron chi connectivity index (χ0n) is 7.89. The monoisotopic (exact) mass is 269 g/mol. The molecule has 0 saturated heterocycles. The normalized spacial score (nSPS) is 8.93. The molecule has 0 bridgehead atoms. The second-order valence-corrected chi connectivity index (χ2v) is 3.25. The molecule has 1 amide bonds. The predicted octanol–water partition coefficient (Wildman–Crippen LogP) is 1.84. The van der Waals surface area contributed by atoms with Crippen LogP contribution in [0.25, 0.3) is 0 Å². The minimum atomic E-state index is -0.325. The Morgan fingerprint density at radius 1 is 1.40 bits per heavy atom. The van der Waals surface area contributed by atoms with E-state index in [-0.39, 0.29) is 11.7 Å². The molecule has 1 rings (SSSR count).